The van der Waals surface area contributed by atoms with Gasteiger partial charge in [0.1, 0.15) is 0 Å². The van der Waals surface area contributed by atoms with Crippen LogP contribution in [0.2, 0.25) is 0 Å². The van der Waals surface area contributed by atoms with Crippen LogP contribution in [-0.2, 0) is 9.53 Å². The predicted octanol–water partition coefficient (Wildman–Crippen LogP) is 1.71. The quantitative estimate of drug-likeness (QED) is 0.842. The molecule has 2 fully saturated rings. The molecule has 0 saturated carbocycles. The maximum Gasteiger partial charge on any atom is 0.310 e. The molecule has 21 heavy (non-hydrogen) atoms. The second-order valence-electron chi connectivity index (χ2n) is 6.41. The van der Waals surface area contributed by atoms with Gasteiger partial charge in [-0.15, -0.1) is 0 Å². The number of carbonyl (C=O) groups is 1. The molecule has 2 bridgehead atoms. The Morgan fingerprint density at radius 2 is 1.95 bits per heavy atom. The minimum Gasteiger partial charge on any atom is -0.469 e. The molecule has 1 N–H and O–H groups in total. The Labute approximate surface area is 125 Å². The van der Waals surface area contributed by atoms with E-state index < -0.39 is 6.10 Å². The Morgan fingerprint density at radius 1 is 1.29 bits per heavy atom. The number of aryl methyl sites for hydroxylation is 1. The Morgan fingerprint density at radius 3 is 2.57 bits per heavy atom. The number of fused-ring (bicyclic) bond motifs is 2. The molecule has 4 nitrogen and oxygen atoms in total. The lowest BCUT2D eigenvalue weighted by molar-refractivity contribution is -0.151. The molecule has 0 aliphatic carbocycles. The van der Waals surface area contributed by atoms with Gasteiger partial charge in [0.25, 0.3) is 0 Å². The zero-order valence-corrected chi connectivity index (χ0v) is 12.8. The van der Waals surface area contributed by atoms with Crippen LogP contribution in [0.15, 0.2) is 24.3 Å². The summed E-state index contributed by atoms with van der Waals surface area (Å²) in [6.07, 6.45) is 1.20. The van der Waals surface area contributed by atoms with Gasteiger partial charge in [-0.2, -0.15) is 0 Å². The number of piperidine rings is 1. The van der Waals surface area contributed by atoms with Crippen molar-refractivity contribution in [2.45, 2.75) is 43.9 Å². The van der Waals surface area contributed by atoms with Gasteiger partial charge in [0.2, 0.25) is 0 Å². The summed E-state index contributed by atoms with van der Waals surface area (Å²) in [7, 11) is 3.44. The Hall–Kier alpha value is -1.39. The van der Waals surface area contributed by atoms with E-state index in [-0.39, 0.29) is 23.8 Å². The van der Waals surface area contributed by atoms with Crippen LogP contribution in [0.5, 0.6) is 0 Å². The number of benzene rings is 1. The highest BCUT2D eigenvalue weighted by Gasteiger charge is 2.53. The van der Waals surface area contributed by atoms with Crippen LogP contribution >= 0.6 is 0 Å². The lowest BCUT2D eigenvalue weighted by atomic mass is 9.76. The number of hydrogen-bond donors (Lipinski definition) is 1. The fourth-order valence-electron chi connectivity index (χ4n) is 4.13. The SMILES string of the molecule is COC(=O)[C@H]1C2[C@H](O)CC(C[C@H]1c1ccc(C)cc1)N2C. The van der Waals surface area contributed by atoms with Gasteiger partial charge in [0.05, 0.1) is 19.1 Å². The Balaban J connectivity index is 1.98. The highest BCUT2D eigenvalue weighted by molar-refractivity contribution is 5.75. The molecule has 5 atom stereocenters. The number of rotatable bonds is 2. The molecule has 2 aliphatic heterocycles. The Bertz CT molecular complexity index is 527. The number of aliphatic hydroxyl groups is 1. The lowest BCUT2D eigenvalue weighted by Crippen LogP contribution is -2.51. The molecule has 2 aliphatic rings. The number of methoxy groups -OCH3 is 1. The van der Waals surface area contributed by atoms with Crippen molar-refractivity contribution in [2.75, 3.05) is 14.2 Å². The molecular formula is C17H23NO3. The van der Waals surface area contributed by atoms with E-state index in [1.165, 1.54) is 18.2 Å². The van der Waals surface area contributed by atoms with Crippen molar-refractivity contribution in [1.29, 1.82) is 0 Å². The number of carbonyl (C=O) groups excluding carboxylic acids is 1. The van der Waals surface area contributed by atoms with E-state index in [4.69, 9.17) is 4.74 Å². The van der Waals surface area contributed by atoms with Gasteiger partial charge in [0.15, 0.2) is 0 Å². The van der Waals surface area contributed by atoms with E-state index in [2.05, 4.69) is 36.1 Å². The molecule has 114 valence electrons. The predicted molar refractivity (Wildman–Crippen MR) is 80.0 cm³/mol. The van der Waals surface area contributed by atoms with E-state index in [0.717, 1.165) is 12.8 Å². The van der Waals surface area contributed by atoms with Crippen molar-refractivity contribution in [2.24, 2.45) is 5.92 Å². The number of nitrogens with zero attached hydrogens (tertiary/aromatic N) is 1. The molecule has 1 aromatic rings. The molecule has 0 aromatic heterocycles. The number of aliphatic hydroxyl groups excluding tert-OH is 1. The van der Waals surface area contributed by atoms with Gasteiger partial charge in [-0.1, -0.05) is 29.8 Å². The van der Waals surface area contributed by atoms with Crippen LogP contribution in [0.3, 0.4) is 0 Å². The zero-order chi connectivity index (χ0) is 15.1. The third kappa shape index (κ3) is 2.36. The first-order valence-electron chi connectivity index (χ1n) is 7.57. The zero-order valence-electron chi connectivity index (χ0n) is 12.8. The summed E-state index contributed by atoms with van der Waals surface area (Å²) in [6.45, 7) is 2.06. The van der Waals surface area contributed by atoms with Gasteiger partial charge >= 0.3 is 5.97 Å². The van der Waals surface area contributed by atoms with Gasteiger partial charge in [-0.05, 0) is 32.4 Å². The fraction of sp³-hybridized carbons (Fsp3) is 0.588. The first-order chi connectivity index (χ1) is 10.0. The van der Waals surface area contributed by atoms with Crippen LogP contribution in [0.1, 0.15) is 29.9 Å². The average molecular weight is 289 g/mol. The molecule has 0 spiro atoms. The highest BCUT2D eigenvalue weighted by atomic mass is 16.5. The number of ether oxygens (including phenoxy) is 1. The highest BCUT2D eigenvalue weighted by Crippen LogP contribution is 2.46. The second kappa shape index (κ2) is 5.43. The number of esters is 1. The largest absolute Gasteiger partial charge is 0.469 e. The second-order valence-corrected chi connectivity index (χ2v) is 6.41. The normalized spacial score (nSPS) is 35.7. The summed E-state index contributed by atoms with van der Waals surface area (Å²) >= 11 is 0. The van der Waals surface area contributed by atoms with Crippen molar-refractivity contribution >= 4 is 5.97 Å². The first kappa shape index (κ1) is 14.5. The van der Waals surface area contributed by atoms with Crippen LogP contribution in [0, 0.1) is 12.8 Å². The molecule has 0 radical (unpaired) electrons. The molecule has 3 rings (SSSR count). The summed E-state index contributed by atoms with van der Waals surface area (Å²) in [6, 6.07) is 8.58. The maximum atomic E-state index is 12.3. The summed E-state index contributed by atoms with van der Waals surface area (Å²) in [5.41, 5.74) is 2.39. The maximum absolute atomic E-state index is 12.3. The van der Waals surface area contributed by atoms with Gasteiger partial charge < -0.3 is 9.84 Å². The van der Waals surface area contributed by atoms with Crippen molar-refractivity contribution in [1.82, 2.24) is 4.90 Å². The van der Waals surface area contributed by atoms with E-state index in [0.29, 0.717) is 6.04 Å². The van der Waals surface area contributed by atoms with Crippen LogP contribution in [0.4, 0.5) is 0 Å². The summed E-state index contributed by atoms with van der Waals surface area (Å²) in [5.74, 6) is -0.380. The molecule has 2 unspecified atom stereocenters. The number of likely N-dealkylation sites (N-methyl/N-ethyl adjacent to an activating group) is 1. The van der Waals surface area contributed by atoms with Crippen molar-refractivity contribution in [3.8, 4) is 0 Å². The lowest BCUT2D eigenvalue weighted by Gasteiger charge is -2.42. The molecule has 1 aromatic carbocycles. The smallest absolute Gasteiger partial charge is 0.310 e. The minimum absolute atomic E-state index is 0.126. The summed E-state index contributed by atoms with van der Waals surface area (Å²) < 4.78 is 5.04. The monoisotopic (exact) mass is 289 g/mol. The van der Waals surface area contributed by atoms with E-state index in [9.17, 15) is 9.90 Å². The van der Waals surface area contributed by atoms with Crippen molar-refractivity contribution in [3.05, 3.63) is 35.4 Å². The van der Waals surface area contributed by atoms with Crippen LogP contribution in [-0.4, -0.2) is 48.3 Å². The fourth-order valence-corrected chi connectivity index (χ4v) is 4.13. The van der Waals surface area contributed by atoms with Crippen LogP contribution in [0.25, 0.3) is 0 Å². The molecule has 2 saturated heterocycles. The minimum atomic E-state index is -0.445. The summed E-state index contributed by atoms with van der Waals surface area (Å²) in [4.78, 5) is 14.5. The standard InChI is InChI=1S/C17H23NO3/c1-10-4-6-11(7-5-10)13-8-12-9-14(19)16(18(12)2)15(13)17(20)21-3/h4-7,12-16,19H,8-9H2,1-3H3/t12?,13-,14+,15+,16?/m0/s1. The molecule has 4 heteroatoms. The third-order valence-electron chi connectivity index (χ3n) is 5.26. The van der Waals surface area contributed by atoms with Crippen LogP contribution < -0.4 is 0 Å². The van der Waals surface area contributed by atoms with E-state index in [1.807, 2.05) is 7.05 Å². The number of hydrogen-bond acceptors (Lipinski definition) is 4. The van der Waals surface area contributed by atoms with Crippen molar-refractivity contribution < 1.29 is 14.6 Å². The molecule has 0 amide bonds. The topological polar surface area (TPSA) is 49.8 Å². The summed E-state index contributed by atoms with van der Waals surface area (Å²) in [5, 5.41) is 10.3. The van der Waals surface area contributed by atoms with E-state index >= 15 is 0 Å². The molecule has 2 heterocycles. The van der Waals surface area contributed by atoms with E-state index in [1.54, 1.807) is 0 Å². The van der Waals surface area contributed by atoms with Gasteiger partial charge in [0, 0.05) is 18.0 Å². The van der Waals surface area contributed by atoms with Gasteiger partial charge in [-0.25, -0.2) is 0 Å². The molecular weight excluding hydrogens is 266 g/mol. The van der Waals surface area contributed by atoms with Crippen molar-refractivity contribution in [3.63, 3.8) is 0 Å². The average Bonchev–Trinajstić information content (AvgIpc) is 2.66. The Kier molecular flexibility index (Phi) is 3.76. The third-order valence-corrected chi connectivity index (χ3v) is 5.26. The van der Waals surface area contributed by atoms with Gasteiger partial charge in [-0.3, -0.25) is 9.69 Å². The first-order valence-corrected chi connectivity index (χ1v) is 7.57.